The van der Waals surface area contributed by atoms with E-state index in [4.69, 9.17) is 16.3 Å². The lowest BCUT2D eigenvalue weighted by Gasteiger charge is -2.25. The highest BCUT2D eigenvalue weighted by atomic mass is 35.5. The lowest BCUT2D eigenvalue weighted by atomic mass is 9.80. The van der Waals surface area contributed by atoms with Crippen LogP contribution in [0.3, 0.4) is 0 Å². The number of aromatic nitrogens is 2. The summed E-state index contributed by atoms with van der Waals surface area (Å²) in [4.78, 5) is 37.3. The summed E-state index contributed by atoms with van der Waals surface area (Å²) in [6.45, 7) is 0.516. The molecule has 1 aliphatic rings. The number of aromatic amines is 1. The van der Waals surface area contributed by atoms with Crippen LogP contribution in [0.1, 0.15) is 34.3 Å². The zero-order chi connectivity index (χ0) is 26.6. The van der Waals surface area contributed by atoms with Gasteiger partial charge in [0.15, 0.2) is 5.78 Å². The third-order valence-electron chi connectivity index (χ3n) is 6.04. The standard InChI is InChI=1S/C25H22ClF3N4O4/c26-17-3-6-20(19(10-17)25(27,28)29)32-18-4-1-15(2-5-18)12-30-23(36)24(7-8-37-14-24)11-21(34)16-9-22(35)33-31-13-16/h1-6,9-10,13,32H,7-8,11-12,14H2,(H,30,36)(H,33,35)/t24-/m0/s1. The molecule has 0 bridgehead atoms. The number of rotatable bonds is 8. The average Bonchev–Trinajstić information content (AvgIpc) is 3.33. The number of carbonyl (C=O) groups is 2. The highest BCUT2D eigenvalue weighted by molar-refractivity contribution is 6.30. The van der Waals surface area contributed by atoms with Crippen molar-refractivity contribution in [2.45, 2.75) is 25.6 Å². The molecule has 1 aliphatic heterocycles. The number of nitrogens with zero attached hydrogens (tertiary/aromatic N) is 1. The summed E-state index contributed by atoms with van der Waals surface area (Å²) >= 11 is 5.72. The van der Waals surface area contributed by atoms with E-state index in [0.717, 1.165) is 12.1 Å². The van der Waals surface area contributed by atoms with Crippen molar-refractivity contribution in [3.8, 4) is 0 Å². The summed E-state index contributed by atoms with van der Waals surface area (Å²) in [5.74, 6) is -0.760. The maximum Gasteiger partial charge on any atom is 0.418 e. The first kappa shape index (κ1) is 26.4. The molecule has 4 rings (SSSR count). The predicted molar refractivity (Wildman–Crippen MR) is 130 cm³/mol. The number of nitrogens with one attached hydrogen (secondary N) is 3. The molecule has 1 saturated heterocycles. The highest BCUT2D eigenvalue weighted by Gasteiger charge is 2.44. The molecule has 0 radical (unpaired) electrons. The van der Waals surface area contributed by atoms with Crippen molar-refractivity contribution in [3.05, 3.63) is 86.8 Å². The number of benzene rings is 2. The Kier molecular flexibility index (Phi) is 7.65. The second-order valence-corrected chi connectivity index (χ2v) is 9.15. The number of halogens is 4. The van der Waals surface area contributed by atoms with Crippen molar-refractivity contribution in [2.75, 3.05) is 18.5 Å². The van der Waals surface area contributed by atoms with Gasteiger partial charge in [-0.25, -0.2) is 5.10 Å². The van der Waals surface area contributed by atoms with Gasteiger partial charge in [-0.1, -0.05) is 23.7 Å². The van der Waals surface area contributed by atoms with Crippen LogP contribution in [0.25, 0.3) is 0 Å². The van der Waals surface area contributed by atoms with Crippen LogP contribution in [0.5, 0.6) is 0 Å². The van der Waals surface area contributed by atoms with Gasteiger partial charge in [-0.3, -0.25) is 14.4 Å². The van der Waals surface area contributed by atoms with Crippen LogP contribution in [0.15, 0.2) is 59.5 Å². The molecule has 3 aromatic rings. The molecular weight excluding hydrogens is 513 g/mol. The van der Waals surface area contributed by atoms with Crippen LogP contribution in [-0.4, -0.2) is 35.1 Å². The van der Waals surface area contributed by atoms with E-state index < -0.39 is 28.5 Å². The fraction of sp³-hybridized carbons (Fsp3) is 0.280. The number of anilines is 2. The minimum absolute atomic E-state index is 0.0230. The van der Waals surface area contributed by atoms with Gasteiger partial charge < -0.3 is 15.4 Å². The Morgan fingerprint density at radius 2 is 1.89 bits per heavy atom. The number of ether oxygens (including phenoxy) is 1. The fourth-order valence-corrected chi connectivity index (χ4v) is 4.21. The second kappa shape index (κ2) is 10.7. The molecule has 1 aromatic heterocycles. The van der Waals surface area contributed by atoms with Gasteiger partial charge in [-0.05, 0) is 42.3 Å². The summed E-state index contributed by atoms with van der Waals surface area (Å²) in [5.41, 5.74) is -1.39. The Labute approximate surface area is 214 Å². The van der Waals surface area contributed by atoms with E-state index >= 15 is 0 Å². The van der Waals surface area contributed by atoms with Crippen molar-refractivity contribution in [1.82, 2.24) is 15.5 Å². The van der Waals surface area contributed by atoms with E-state index in [1.165, 1.54) is 18.3 Å². The Balaban J connectivity index is 1.40. The lowest BCUT2D eigenvalue weighted by molar-refractivity contribution is -0.137. The average molecular weight is 535 g/mol. The monoisotopic (exact) mass is 534 g/mol. The Morgan fingerprint density at radius 1 is 1.14 bits per heavy atom. The first-order chi connectivity index (χ1) is 17.6. The minimum Gasteiger partial charge on any atom is -0.380 e. The molecule has 2 heterocycles. The number of hydrogen-bond acceptors (Lipinski definition) is 6. The Hall–Kier alpha value is -3.70. The molecule has 1 atom stereocenters. The first-order valence-electron chi connectivity index (χ1n) is 11.2. The maximum absolute atomic E-state index is 13.3. The van der Waals surface area contributed by atoms with Crippen molar-refractivity contribution in [2.24, 2.45) is 5.41 Å². The van der Waals surface area contributed by atoms with Crippen LogP contribution in [0.4, 0.5) is 24.5 Å². The number of amides is 1. The molecule has 3 N–H and O–H groups in total. The molecule has 0 spiro atoms. The summed E-state index contributed by atoms with van der Waals surface area (Å²) in [6.07, 6.45) is -3.14. The zero-order valence-corrected chi connectivity index (χ0v) is 20.1. The molecule has 12 heteroatoms. The summed E-state index contributed by atoms with van der Waals surface area (Å²) in [7, 11) is 0. The van der Waals surface area contributed by atoms with Gasteiger partial charge in [0.05, 0.1) is 29.5 Å². The molecule has 1 amide bonds. The van der Waals surface area contributed by atoms with E-state index in [1.807, 2.05) is 0 Å². The molecule has 194 valence electrons. The van der Waals surface area contributed by atoms with Gasteiger partial charge in [0.25, 0.3) is 5.56 Å². The molecule has 2 aromatic carbocycles. The molecule has 37 heavy (non-hydrogen) atoms. The molecule has 0 aliphatic carbocycles. The van der Waals surface area contributed by atoms with Crippen LogP contribution in [0.2, 0.25) is 5.02 Å². The molecule has 0 saturated carbocycles. The molecule has 0 unspecified atom stereocenters. The smallest absolute Gasteiger partial charge is 0.380 e. The van der Waals surface area contributed by atoms with Gasteiger partial charge in [0, 0.05) is 41.9 Å². The van der Waals surface area contributed by atoms with E-state index in [-0.39, 0.29) is 41.8 Å². The predicted octanol–water partition coefficient (Wildman–Crippen LogP) is 4.48. The third kappa shape index (κ3) is 6.36. The highest BCUT2D eigenvalue weighted by Crippen LogP contribution is 2.38. The van der Waals surface area contributed by atoms with E-state index in [9.17, 15) is 27.6 Å². The van der Waals surface area contributed by atoms with Gasteiger partial charge in [0.2, 0.25) is 5.91 Å². The number of ketones is 1. The van der Waals surface area contributed by atoms with E-state index in [2.05, 4.69) is 20.8 Å². The largest absolute Gasteiger partial charge is 0.418 e. The maximum atomic E-state index is 13.3. The third-order valence-corrected chi connectivity index (χ3v) is 6.28. The molecule has 1 fully saturated rings. The molecular formula is C25H22ClF3N4O4. The summed E-state index contributed by atoms with van der Waals surface area (Å²) in [5, 5.41) is 11.4. The van der Waals surface area contributed by atoms with E-state index in [0.29, 0.717) is 24.3 Å². The minimum atomic E-state index is -4.58. The van der Waals surface area contributed by atoms with Gasteiger partial charge >= 0.3 is 6.18 Å². The lowest BCUT2D eigenvalue weighted by Crippen LogP contribution is -2.42. The number of H-pyrrole nitrogens is 1. The Bertz CT molecular complexity index is 1350. The fourth-order valence-electron chi connectivity index (χ4n) is 4.04. The second-order valence-electron chi connectivity index (χ2n) is 8.71. The van der Waals surface area contributed by atoms with Gasteiger partial charge in [-0.15, -0.1) is 0 Å². The van der Waals surface area contributed by atoms with Gasteiger partial charge in [0.1, 0.15) is 0 Å². The van der Waals surface area contributed by atoms with Crippen LogP contribution in [-0.2, 0) is 22.3 Å². The van der Waals surface area contributed by atoms with Crippen molar-refractivity contribution in [3.63, 3.8) is 0 Å². The van der Waals surface area contributed by atoms with Crippen molar-refractivity contribution in [1.29, 1.82) is 0 Å². The number of hydrogen-bond donors (Lipinski definition) is 3. The topological polar surface area (TPSA) is 113 Å². The van der Waals surface area contributed by atoms with Crippen LogP contribution in [0, 0.1) is 5.41 Å². The summed E-state index contributed by atoms with van der Waals surface area (Å²) < 4.78 is 45.4. The first-order valence-corrected chi connectivity index (χ1v) is 11.6. The SMILES string of the molecule is O=C(C[C@@]1(C(=O)NCc2ccc(Nc3ccc(Cl)cc3C(F)(F)F)cc2)CCOC1)c1cn[nH]c(=O)c1. The number of alkyl halides is 3. The van der Waals surface area contributed by atoms with Crippen molar-refractivity contribution < 1.29 is 27.5 Å². The zero-order valence-electron chi connectivity index (χ0n) is 19.3. The Morgan fingerprint density at radius 3 is 2.54 bits per heavy atom. The molecule has 8 nitrogen and oxygen atoms in total. The quantitative estimate of drug-likeness (QED) is 0.367. The summed E-state index contributed by atoms with van der Waals surface area (Å²) in [6, 6.07) is 11.1. The van der Waals surface area contributed by atoms with Crippen LogP contribution >= 0.6 is 11.6 Å². The van der Waals surface area contributed by atoms with Crippen LogP contribution < -0.4 is 16.2 Å². The van der Waals surface area contributed by atoms with Gasteiger partial charge in [-0.2, -0.15) is 18.3 Å². The number of carbonyl (C=O) groups excluding carboxylic acids is 2. The normalized spacial score (nSPS) is 17.4. The van der Waals surface area contributed by atoms with E-state index in [1.54, 1.807) is 24.3 Å². The van der Waals surface area contributed by atoms with Crippen molar-refractivity contribution >= 4 is 34.7 Å². The number of Topliss-reactive ketones (excluding diaryl/α,β-unsaturated/α-hetero) is 1.